The Labute approximate surface area is 128 Å². The fourth-order valence-corrected chi connectivity index (χ4v) is 3.23. The van der Waals surface area contributed by atoms with Gasteiger partial charge in [-0.1, -0.05) is 0 Å². The Morgan fingerprint density at radius 2 is 2.29 bits per heavy atom. The molecule has 110 valence electrons. The molecule has 3 rings (SSSR count). The molecule has 0 aliphatic carbocycles. The van der Waals surface area contributed by atoms with Gasteiger partial charge in [-0.3, -0.25) is 4.79 Å². The quantitative estimate of drug-likeness (QED) is 0.874. The molecule has 5 nitrogen and oxygen atoms in total. The number of rotatable bonds is 3. The van der Waals surface area contributed by atoms with Crippen molar-refractivity contribution in [3.63, 3.8) is 0 Å². The van der Waals surface area contributed by atoms with Crippen LogP contribution in [0.2, 0.25) is 0 Å². The van der Waals surface area contributed by atoms with Crippen molar-refractivity contribution < 1.29 is 4.79 Å². The van der Waals surface area contributed by atoms with E-state index in [1.165, 1.54) is 11.3 Å². The van der Waals surface area contributed by atoms with Gasteiger partial charge in [0, 0.05) is 32.2 Å². The van der Waals surface area contributed by atoms with Gasteiger partial charge in [0.1, 0.15) is 11.5 Å². The molecule has 1 saturated heterocycles. The average Bonchev–Trinajstić information content (AvgIpc) is 3.18. The van der Waals surface area contributed by atoms with Crippen LogP contribution in [-0.4, -0.2) is 41.4 Å². The number of carbonyl (C=O) groups excluding carboxylic acids is 1. The minimum atomic E-state index is 0.0296. The first kappa shape index (κ1) is 14.0. The van der Waals surface area contributed by atoms with Crippen molar-refractivity contribution in [1.82, 2.24) is 14.9 Å². The molecule has 0 saturated carbocycles. The molecule has 1 atom stereocenters. The summed E-state index contributed by atoms with van der Waals surface area (Å²) in [5, 5.41) is 1.81. The molecule has 2 aromatic heterocycles. The predicted octanol–water partition coefficient (Wildman–Crippen LogP) is 2.58. The van der Waals surface area contributed by atoms with E-state index >= 15 is 0 Å². The number of carbonyl (C=O) groups is 1. The number of aromatic nitrogens is 2. The van der Waals surface area contributed by atoms with Crippen LogP contribution in [0.15, 0.2) is 29.2 Å². The van der Waals surface area contributed by atoms with Gasteiger partial charge < -0.3 is 9.80 Å². The third kappa shape index (κ3) is 2.76. The van der Waals surface area contributed by atoms with Crippen LogP contribution in [0.4, 0.5) is 5.82 Å². The molecule has 6 heteroatoms. The lowest BCUT2D eigenvalue weighted by molar-refractivity contribution is 0.0730. The highest BCUT2D eigenvalue weighted by atomic mass is 32.1. The predicted molar refractivity (Wildman–Crippen MR) is 83.7 cm³/mol. The normalized spacial score (nSPS) is 18.0. The first-order valence-electron chi connectivity index (χ1n) is 6.99. The van der Waals surface area contributed by atoms with E-state index in [1.54, 1.807) is 5.51 Å². The standard InChI is InChI=1S/C15H18N4OS/c1-18(2)14-8-11(5-6-16-14)13-4-3-7-19(13)15(20)12-9-21-10-17-12/h5-6,8-10,13H,3-4,7H2,1-2H3/t13-/m1/s1. The molecular weight excluding hydrogens is 284 g/mol. The van der Waals surface area contributed by atoms with E-state index in [0.717, 1.165) is 30.8 Å². The number of anilines is 1. The smallest absolute Gasteiger partial charge is 0.273 e. The number of amides is 1. The Morgan fingerprint density at radius 1 is 1.43 bits per heavy atom. The van der Waals surface area contributed by atoms with Crippen molar-refractivity contribution in [3.8, 4) is 0 Å². The van der Waals surface area contributed by atoms with Crippen LogP contribution in [-0.2, 0) is 0 Å². The summed E-state index contributed by atoms with van der Waals surface area (Å²) in [6.45, 7) is 0.792. The SMILES string of the molecule is CN(C)c1cc([C@H]2CCCN2C(=O)c2cscn2)ccn1. The van der Waals surface area contributed by atoms with E-state index in [1.807, 2.05) is 41.5 Å². The Kier molecular flexibility index (Phi) is 3.88. The summed E-state index contributed by atoms with van der Waals surface area (Å²) in [7, 11) is 3.94. The van der Waals surface area contributed by atoms with E-state index in [9.17, 15) is 4.79 Å². The maximum Gasteiger partial charge on any atom is 0.273 e. The monoisotopic (exact) mass is 302 g/mol. The lowest BCUT2D eigenvalue weighted by Gasteiger charge is -2.25. The molecule has 1 aliphatic rings. The van der Waals surface area contributed by atoms with Crippen molar-refractivity contribution in [3.05, 3.63) is 40.5 Å². The Hall–Kier alpha value is -1.95. The Bertz CT molecular complexity index is 626. The fraction of sp³-hybridized carbons (Fsp3) is 0.400. The van der Waals surface area contributed by atoms with Crippen LogP contribution < -0.4 is 4.90 Å². The molecule has 21 heavy (non-hydrogen) atoms. The molecule has 0 bridgehead atoms. The van der Waals surface area contributed by atoms with Crippen LogP contribution in [0.3, 0.4) is 0 Å². The second kappa shape index (κ2) is 5.81. The van der Waals surface area contributed by atoms with Gasteiger partial charge in [0.25, 0.3) is 5.91 Å². The summed E-state index contributed by atoms with van der Waals surface area (Å²) in [6, 6.07) is 4.20. The molecule has 1 amide bonds. The van der Waals surface area contributed by atoms with Gasteiger partial charge in [0.2, 0.25) is 0 Å². The van der Waals surface area contributed by atoms with E-state index in [-0.39, 0.29) is 11.9 Å². The van der Waals surface area contributed by atoms with Gasteiger partial charge in [-0.05, 0) is 30.5 Å². The first-order chi connectivity index (χ1) is 10.2. The molecule has 0 aromatic carbocycles. The largest absolute Gasteiger partial charge is 0.363 e. The van der Waals surface area contributed by atoms with E-state index in [4.69, 9.17) is 0 Å². The number of thiazole rings is 1. The summed E-state index contributed by atoms with van der Waals surface area (Å²) in [5.74, 6) is 0.947. The summed E-state index contributed by atoms with van der Waals surface area (Å²) < 4.78 is 0. The minimum absolute atomic E-state index is 0.0296. The highest BCUT2D eigenvalue weighted by Crippen LogP contribution is 2.33. The van der Waals surface area contributed by atoms with Crippen LogP contribution in [0.5, 0.6) is 0 Å². The van der Waals surface area contributed by atoms with Crippen molar-refractivity contribution in [1.29, 1.82) is 0 Å². The zero-order chi connectivity index (χ0) is 14.8. The molecule has 1 fully saturated rings. The summed E-state index contributed by atoms with van der Waals surface area (Å²) in [5.41, 5.74) is 3.40. The fourth-order valence-electron chi connectivity index (χ4n) is 2.71. The topological polar surface area (TPSA) is 49.3 Å². The van der Waals surface area contributed by atoms with Crippen molar-refractivity contribution in [2.45, 2.75) is 18.9 Å². The third-order valence-corrected chi connectivity index (χ3v) is 4.36. The average molecular weight is 302 g/mol. The number of likely N-dealkylation sites (tertiary alicyclic amines) is 1. The lowest BCUT2D eigenvalue weighted by atomic mass is 10.1. The molecular formula is C15H18N4OS. The molecule has 0 radical (unpaired) electrons. The third-order valence-electron chi connectivity index (χ3n) is 3.78. The molecule has 1 aliphatic heterocycles. The van der Waals surface area contributed by atoms with Crippen molar-refractivity contribution in [2.75, 3.05) is 25.5 Å². The maximum atomic E-state index is 12.6. The molecule has 0 N–H and O–H groups in total. The summed E-state index contributed by atoms with van der Waals surface area (Å²) in [6.07, 6.45) is 3.83. The number of hydrogen-bond acceptors (Lipinski definition) is 5. The maximum absolute atomic E-state index is 12.6. The van der Waals surface area contributed by atoms with E-state index in [0.29, 0.717) is 5.69 Å². The molecule has 3 heterocycles. The van der Waals surface area contributed by atoms with Crippen LogP contribution in [0, 0.1) is 0 Å². The van der Waals surface area contributed by atoms with Crippen LogP contribution in [0.25, 0.3) is 0 Å². The van der Waals surface area contributed by atoms with Crippen molar-refractivity contribution >= 4 is 23.1 Å². The van der Waals surface area contributed by atoms with Crippen LogP contribution >= 0.6 is 11.3 Å². The van der Waals surface area contributed by atoms with Gasteiger partial charge in [0.05, 0.1) is 11.6 Å². The van der Waals surface area contributed by atoms with E-state index in [2.05, 4.69) is 16.0 Å². The zero-order valence-corrected chi connectivity index (χ0v) is 13.0. The number of nitrogens with zero attached hydrogens (tertiary/aromatic N) is 4. The van der Waals surface area contributed by atoms with Gasteiger partial charge in [-0.15, -0.1) is 11.3 Å². The van der Waals surface area contributed by atoms with Gasteiger partial charge in [0.15, 0.2) is 0 Å². The molecule has 2 aromatic rings. The van der Waals surface area contributed by atoms with Crippen molar-refractivity contribution in [2.24, 2.45) is 0 Å². The minimum Gasteiger partial charge on any atom is -0.363 e. The zero-order valence-electron chi connectivity index (χ0n) is 12.2. The summed E-state index contributed by atoms with van der Waals surface area (Å²) in [4.78, 5) is 24.9. The number of hydrogen-bond donors (Lipinski definition) is 0. The van der Waals surface area contributed by atoms with Crippen LogP contribution in [0.1, 0.15) is 34.9 Å². The van der Waals surface area contributed by atoms with Gasteiger partial charge in [-0.2, -0.15) is 0 Å². The molecule has 0 spiro atoms. The summed E-state index contributed by atoms with van der Waals surface area (Å²) >= 11 is 1.45. The van der Waals surface area contributed by atoms with E-state index < -0.39 is 0 Å². The van der Waals surface area contributed by atoms with Gasteiger partial charge >= 0.3 is 0 Å². The number of pyridine rings is 1. The Morgan fingerprint density at radius 3 is 3.00 bits per heavy atom. The van der Waals surface area contributed by atoms with Gasteiger partial charge in [-0.25, -0.2) is 9.97 Å². The second-order valence-corrected chi connectivity index (χ2v) is 6.09. The Balaban J connectivity index is 1.87. The second-order valence-electron chi connectivity index (χ2n) is 5.37. The highest BCUT2D eigenvalue weighted by Gasteiger charge is 2.31. The molecule has 0 unspecified atom stereocenters. The highest BCUT2D eigenvalue weighted by molar-refractivity contribution is 7.07. The first-order valence-corrected chi connectivity index (χ1v) is 7.93. The lowest BCUT2D eigenvalue weighted by Crippen LogP contribution is -2.30.